The van der Waals surface area contributed by atoms with E-state index in [4.69, 9.17) is 5.11 Å². The zero-order valence-electron chi connectivity index (χ0n) is 12.2. The van der Waals surface area contributed by atoms with Crippen molar-refractivity contribution in [1.29, 1.82) is 0 Å². The van der Waals surface area contributed by atoms with Crippen LogP contribution < -0.4 is 5.32 Å². The molecule has 0 aromatic rings. The van der Waals surface area contributed by atoms with Crippen LogP contribution in [0.3, 0.4) is 0 Å². The maximum Gasteiger partial charge on any atom is 0.323 e. The van der Waals surface area contributed by atoms with Gasteiger partial charge in [-0.05, 0) is 32.7 Å². The van der Waals surface area contributed by atoms with Gasteiger partial charge in [-0.1, -0.05) is 0 Å². The van der Waals surface area contributed by atoms with Gasteiger partial charge in [0.25, 0.3) is 0 Å². The fourth-order valence-corrected chi connectivity index (χ4v) is 4.85. The van der Waals surface area contributed by atoms with Crippen LogP contribution in [0.5, 0.6) is 0 Å². The molecule has 2 atom stereocenters. The topological polar surface area (TPSA) is 104 Å². The third-order valence-corrected chi connectivity index (χ3v) is 6.08. The molecular formula is C13H22N2O5S. The molecule has 0 saturated carbocycles. The second-order valence-corrected chi connectivity index (χ2v) is 8.45. The molecule has 2 aliphatic heterocycles. The first-order valence-corrected chi connectivity index (χ1v) is 9.00. The van der Waals surface area contributed by atoms with Crippen molar-refractivity contribution in [2.45, 2.75) is 32.2 Å². The number of hydrogen-bond donors (Lipinski definition) is 2. The highest BCUT2D eigenvalue weighted by Crippen LogP contribution is 2.30. The van der Waals surface area contributed by atoms with E-state index in [1.165, 1.54) is 4.90 Å². The maximum absolute atomic E-state index is 12.8. The van der Waals surface area contributed by atoms with Crippen LogP contribution in [-0.2, 0) is 19.4 Å². The molecule has 120 valence electrons. The summed E-state index contributed by atoms with van der Waals surface area (Å²) in [7, 11) is -3.16. The Bertz CT molecular complexity index is 525. The summed E-state index contributed by atoms with van der Waals surface area (Å²) in [5.74, 6) is -1.47. The summed E-state index contributed by atoms with van der Waals surface area (Å²) in [4.78, 5) is 25.1. The summed E-state index contributed by atoms with van der Waals surface area (Å²) in [6, 6.07) is -0.516. The van der Waals surface area contributed by atoms with Gasteiger partial charge in [0.15, 0.2) is 9.84 Å². The lowest BCUT2D eigenvalue weighted by Crippen LogP contribution is -2.54. The number of rotatable bonds is 4. The number of nitrogens with zero attached hydrogens (tertiary/aromatic N) is 1. The average molecular weight is 318 g/mol. The van der Waals surface area contributed by atoms with Gasteiger partial charge in [0, 0.05) is 12.6 Å². The van der Waals surface area contributed by atoms with Crippen molar-refractivity contribution >= 4 is 21.7 Å². The maximum atomic E-state index is 12.8. The number of amides is 1. The standard InChI is InChI=1S/C13H22N2O5S/c1-13(4-2-5-14-9-13)12(18)15(7-11(16)17)10-3-6-21(19,20)8-10/h10,14H,2-9H2,1H3,(H,16,17). The molecule has 2 heterocycles. The van der Waals surface area contributed by atoms with E-state index in [0.717, 1.165) is 13.0 Å². The average Bonchev–Trinajstić information content (AvgIpc) is 2.76. The lowest BCUT2D eigenvalue weighted by molar-refractivity contribution is -0.152. The number of carbonyl (C=O) groups is 2. The van der Waals surface area contributed by atoms with Crippen LogP contribution in [0.1, 0.15) is 26.2 Å². The SMILES string of the molecule is CC1(C(=O)N(CC(=O)O)C2CCS(=O)(=O)C2)CCCNC1. The van der Waals surface area contributed by atoms with Crippen molar-refractivity contribution < 1.29 is 23.1 Å². The Balaban J connectivity index is 2.19. The number of nitrogens with one attached hydrogen (secondary N) is 1. The fourth-order valence-electron chi connectivity index (χ4n) is 3.12. The molecule has 0 aromatic heterocycles. The zero-order valence-corrected chi connectivity index (χ0v) is 13.0. The summed E-state index contributed by atoms with van der Waals surface area (Å²) in [6.07, 6.45) is 1.87. The summed E-state index contributed by atoms with van der Waals surface area (Å²) >= 11 is 0. The van der Waals surface area contributed by atoms with Crippen LogP contribution in [0, 0.1) is 5.41 Å². The van der Waals surface area contributed by atoms with E-state index >= 15 is 0 Å². The molecule has 2 aliphatic rings. The van der Waals surface area contributed by atoms with Crippen molar-refractivity contribution in [3.8, 4) is 0 Å². The van der Waals surface area contributed by atoms with Gasteiger partial charge in [-0.2, -0.15) is 0 Å². The fraction of sp³-hybridized carbons (Fsp3) is 0.846. The van der Waals surface area contributed by atoms with Crippen LogP contribution >= 0.6 is 0 Å². The lowest BCUT2D eigenvalue weighted by atomic mass is 9.81. The second kappa shape index (κ2) is 5.92. The van der Waals surface area contributed by atoms with E-state index < -0.39 is 33.8 Å². The molecule has 8 heteroatoms. The highest BCUT2D eigenvalue weighted by molar-refractivity contribution is 7.91. The van der Waals surface area contributed by atoms with Crippen LogP contribution in [0.2, 0.25) is 0 Å². The second-order valence-electron chi connectivity index (χ2n) is 6.22. The molecule has 2 unspecified atom stereocenters. The van der Waals surface area contributed by atoms with Crippen molar-refractivity contribution in [1.82, 2.24) is 10.2 Å². The van der Waals surface area contributed by atoms with Gasteiger partial charge in [-0.3, -0.25) is 9.59 Å². The number of sulfone groups is 1. The zero-order chi connectivity index (χ0) is 15.7. The van der Waals surface area contributed by atoms with E-state index in [9.17, 15) is 18.0 Å². The Morgan fingerprint density at radius 3 is 2.62 bits per heavy atom. The van der Waals surface area contributed by atoms with Crippen molar-refractivity contribution in [2.75, 3.05) is 31.1 Å². The summed E-state index contributed by atoms with van der Waals surface area (Å²) in [5, 5.41) is 12.2. The first kappa shape index (κ1) is 16.2. The first-order chi connectivity index (χ1) is 9.73. The van der Waals surface area contributed by atoms with Crippen molar-refractivity contribution in [3.63, 3.8) is 0 Å². The number of hydrogen-bond acceptors (Lipinski definition) is 5. The van der Waals surface area contributed by atoms with Gasteiger partial charge in [0.2, 0.25) is 5.91 Å². The largest absolute Gasteiger partial charge is 0.480 e. The number of carboxylic acids is 1. The van der Waals surface area contributed by atoms with E-state index in [2.05, 4.69) is 5.32 Å². The molecule has 0 aliphatic carbocycles. The van der Waals surface area contributed by atoms with Crippen LogP contribution in [0.25, 0.3) is 0 Å². The third-order valence-electron chi connectivity index (χ3n) is 4.33. The van der Waals surface area contributed by atoms with E-state index in [1.54, 1.807) is 0 Å². The van der Waals surface area contributed by atoms with E-state index in [0.29, 0.717) is 19.4 Å². The third kappa shape index (κ3) is 3.74. The summed E-state index contributed by atoms with van der Waals surface area (Å²) in [6.45, 7) is 2.73. The van der Waals surface area contributed by atoms with Gasteiger partial charge < -0.3 is 15.3 Å². The van der Waals surface area contributed by atoms with Crippen molar-refractivity contribution in [3.05, 3.63) is 0 Å². The molecule has 2 saturated heterocycles. The van der Waals surface area contributed by atoms with Crippen LogP contribution in [0.4, 0.5) is 0 Å². The molecule has 0 radical (unpaired) electrons. The molecule has 1 amide bonds. The molecular weight excluding hydrogens is 296 g/mol. The van der Waals surface area contributed by atoms with Gasteiger partial charge >= 0.3 is 5.97 Å². The van der Waals surface area contributed by atoms with E-state index in [-0.39, 0.29) is 17.4 Å². The molecule has 2 N–H and O–H groups in total. The van der Waals surface area contributed by atoms with Gasteiger partial charge in [-0.15, -0.1) is 0 Å². The molecule has 7 nitrogen and oxygen atoms in total. The number of aliphatic carboxylic acids is 1. The van der Waals surface area contributed by atoms with Crippen LogP contribution in [-0.4, -0.2) is 67.5 Å². The lowest BCUT2D eigenvalue weighted by Gasteiger charge is -2.39. The monoisotopic (exact) mass is 318 g/mol. The van der Waals surface area contributed by atoms with E-state index in [1.807, 2.05) is 6.92 Å². The first-order valence-electron chi connectivity index (χ1n) is 7.17. The molecule has 0 aromatic carbocycles. The van der Waals surface area contributed by atoms with Gasteiger partial charge in [0.05, 0.1) is 16.9 Å². The molecule has 2 fully saturated rings. The van der Waals surface area contributed by atoms with Gasteiger partial charge in [0.1, 0.15) is 6.54 Å². The Hall–Kier alpha value is -1.15. The highest BCUT2D eigenvalue weighted by Gasteiger charge is 2.43. The minimum Gasteiger partial charge on any atom is -0.480 e. The smallest absolute Gasteiger partial charge is 0.323 e. The highest BCUT2D eigenvalue weighted by atomic mass is 32.2. The Morgan fingerprint density at radius 2 is 2.14 bits per heavy atom. The minimum atomic E-state index is -3.16. The molecule has 0 spiro atoms. The number of carbonyl (C=O) groups excluding carboxylic acids is 1. The number of carboxylic acid groups (broad SMARTS) is 1. The molecule has 2 rings (SSSR count). The predicted octanol–water partition coefficient (Wildman–Crippen LogP) is -0.524. The normalized spacial score (nSPS) is 31.8. The quantitative estimate of drug-likeness (QED) is 0.722. The predicted molar refractivity (Wildman–Crippen MR) is 76.6 cm³/mol. The minimum absolute atomic E-state index is 0.0238. The number of piperidine rings is 1. The Kier molecular flexibility index (Phi) is 4.57. The summed E-state index contributed by atoms with van der Waals surface area (Å²) in [5.41, 5.74) is -0.653. The Labute approximate surface area is 124 Å². The molecule has 0 bridgehead atoms. The summed E-state index contributed by atoms with van der Waals surface area (Å²) < 4.78 is 23.2. The van der Waals surface area contributed by atoms with Crippen LogP contribution in [0.15, 0.2) is 0 Å². The molecule has 21 heavy (non-hydrogen) atoms. The van der Waals surface area contributed by atoms with Crippen molar-refractivity contribution in [2.24, 2.45) is 5.41 Å². The Morgan fingerprint density at radius 1 is 1.43 bits per heavy atom. The van der Waals surface area contributed by atoms with Gasteiger partial charge in [-0.25, -0.2) is 8.42 Å².